The molecule has 0 amide bonds. The van der Waals surface area contributed by atoms with Crippen LogP contribution in [0.5, 0.6) is 0 Å². The fourth-order valence-electron chi connectivity index (χ4n) is 1.69. The Hall–Kier alpha value is -2.14. The van der Waals surface area contributed by atoms with Gasteiger partial charge >= 0.3 is 5.97 Å². The van der Waals surface area contributed by atoms with E-state index < -0.39 is 5.97 Å². The van der Waals surface area contributed by atoms with E-state index in [4.69, 9.17) is 9.52 Å². The number of pyridine rings is 1. The van der Waals surface area contributed by atoms with Crippen LogP contribution in [0.4, 0.5) is 0 Å². The SMILES string of the molecule is O=C(O)c1cc2c(-c3cccs3)ccnc2o1. The van der Waals surface area contributed by atoms with Gasteiger partial charge in [-0.05, 0) is 17.5 Å². The number of rotatable bonds is 2. The molecule has 4 nitrogen and oxygen atoms in total. The van der Waals surface area contributed by atoms with Crippen molar-refractivity contribution in [3.05, 3.63) is 41.6 Å². The van der Waals surface area contributed by atoms with Crippen molar-refractivity contribution in [1.29, 1.82) is 0 Å². The van der Waals surface area contributed by atoms with Crippen molar-refractivity contribution in [2.75, 3.05) is 0 Å². The highest BCUT2D eigenvalue weighted by molar-refractivity contribution is 7.13. The van der Waals surface area contributed by atoms with Gasteiger partial charge in [0.05, 0.1) is 0 Å². The van der Waals surface area contributed by atoms with Crippen molar-refractivity contribution in [2.24, 2.45) is 0 Å². The van der Waals surface area contributed by atoms with Crippen molar-refractivity contribution < 1.29 is 14.3 Å². The Morgan fingerprint density at radius 3 is 3.00 bits per heavy atom. The summed E-state index contributed by atoms with van der Waals surface area (Å²) in [4.78, 5) is 15.9. The molecule has 3 aromatic rings. The molecule has 3 rings (SSSR count). The van der Waals surface area contributed by atoms with Crippen LogP contribution in [0.25, 0.3) is 21.5 Å². The van der Waals surface area contributed by atoms with Crippen LogP contribution < -0.4 is 0 Å². The average molecular weight is 245 g/mol. The number of hydrogen-bond acceptors (Lipinski definition) is 4. The summed E-state index contributed by atoms with van der Waals surface area (Å²) in [7, 11) is 0. The highest BCUT2D eigenvalue weighted by atomic mass is 32.1. The average Bonchev–Trinajstić information content (AvgIpc) is 2.97. The molecule has 0 atom stereocenters. The normalized spacial score (nSPS) is 10.8. The second-order valence-corrected chi connectivity index (χ2v) is 4.42. The molecule has 3 heterocycles. The second-order valence-electron chi connectivity index (χ2n) is 3.47. The first-order chi connectivity index (χ1) is 8.25. The number of carbonyl (C=O) groups is 1. The van der Waals surface area contributed by atoms with Crippen molar-refractivity contribution in [3.8, 4) is 10.4 Å². The van der Waals surface area contributed by atoms with Crippen LogP contribution in [0.3, 0.4) is 0 Å². The van der Waals surface area contributed by atoms with Gasteiger partial charge in [0.1, 0.15) is 0 Å². The number of carboxylic acid groups (broad SMARTS) is 1. The largest absolute Gasteiger partial charge is 0.475 e. The summed E-state index contributed by atoms with van der Waals surface area (Å²) >= 11 is 1.59. The molecule has 0 unspecified atom stereocenters. The maximum Gasteiger partial charge on any atom is 0.371 e. The monoisotopic (exact) mass is 245 g/mol. The fraction of sp³-hybridized carbons (Fsp3) is 0. The molecular weight excluding hydrogens is 238 g/mol. The van der Waals surface area contributed by atoms with Crippen LogP contribution in [0.2, 0.25) is 0 Å². The molecule has 0 aliphatic rings. The van der Waals surface area contributed by atoms with E-state index in [1.54, 1.807) is 17.5 Å². The van der Waals surface area contributed by atoms with E-state index in [0.717, 1.165) is 15.8 Å². The molecule has 0 fully saturated rings. The summed E-state index contributed by atoms with van der Waals surface area (Å²) in [6.07, 6.45) is 1.62. The van der Waals surface area contributed by atoms with Gasteiger partial charge in [0.2, 0.25) is 11.5 Å². The van der Waals surface area contributed by atoms with Gasteiger partial charge in [-0.2, -0.15) is 0 Å². The second kappa shape index (κ2) is 3.71. The topological polar surface area (TPSA) is 63.3 Å². The molecule has 0 saturated heterocycles. The first kappa shape index (κ1) is 10.0. The van der Waals surface area contributed by atoms with E-state index in [1.165, 1.54) is 6.07 Å². The molecule has 84 valence electrons. The van der Waals surface area contributed by atoms with Crippen molar-refractivity contribution >= 4 is 28.4 Å². The summed E-state index contributed by atoms with van der Waals surface area (Å²) in [6, 6.07) is 7.30. The molecule has 0 radical (unpaired) electrons. The van der Waals surface area contributed by atoms with Gasteiger partial charge in [-0.25, -0.2) is 9.78 Å². The lowest BCUT2D eigenvalue weighted by molar-refractivity contribution is 0.0664. The summed E-state index contributed by atoms with van der Waals surface area (Å²) in [6.45, 7) is 0. The van der Waals surface area contributed by atoms with Crippen molar-refractivity contribution in [2.45, 2.75) is 0 Å². The number of carboxylic acids is 1. The quantitative estimate of drug-likeness (QED) is 0.752. The van der Waals surface area contributed by atoms with E-state index in [2.05, 4.69) is 4.98 Å². The zero-order chi connectivity index (χ0) is 11.8. The van der Waals surface area contributed by atoms with Crippen LogP contribution in [-0.2, 0) is 0 Å². The third-order valence-electron chi connectivity index (χ3n) is 2.43. The Kier molecular flexibility index (Phi) is 2.19. The van der Waals surface area contributed by atoms with E-state index in [9.17, 15) is 4.79 Å². The number of hydrogen-bond donors (Lipinski definition) is 1. The number of aromatic carboxylic acids is 1. The molecule has 0 spiro atoms. The van der Waals surface area contributed by atoms with Gasteiger partial charge in [0.25, 0.3) is 0 Å². The molecular formula is C12H7NO3S. The number of fused-ring (bicyclic) bond motifs is 1. The van der Waals surface area contributed by atoms with Gasteiger partial charge in [0.15, 0.2) is 0 Å². The third-order valence-corrected chi connectivity index (χ3v) is 3.34. The Morgan fingerprint density at radius 1 is 1.41 bits per heavy atom. The minimum atomic E-state index is -1.08. The number of nitrogens with zero attached hydrogens (tertiary/aromatic N) is 1. The molecule has 5 heteroatoms. The zero-order valence-electron chi connectivity index (χ0n) is 8.58. The molecule has 1 N–H and O–H groups in total. The summed E-state index contributed by atoms with van der Waals surface area (Å²) in [5.74, 6) is -1.17. The minimum Gasteiger partial charge on any atom is -0.475 e. The Morgan fingerprint density at radius 2 is 2.29 bits per heavy atom. The maximum absolute atomic E-state index is 10.8. The van der Waals surface area contributed by atoms with E-state index in [1.807, 2.05) is 23.6 Å². The predicted octanol–water partition coefficient (Wildman–Crippen LogP) is 3.25. The first-order valence-electron chi connectivity index (χ1n) is 4.91. The smallest absolute Gasteiger partial charge is 0.371 e. The number of thiophene rings is 1. The van der Waals surface area contributed by atoms with Crippen LogP contribution >= 0.6 is 11.3 Å². The number of aromatic nitrogens is 1. The van der Waals surface area contributed by atoms with Crippen LogP contribution in [0, 0.1) is 0 Å². The standard InChI is InChI=1S/C12H7NO3S/c14-12(15)9-6-8-7(10-2-1-5-17-10)3-4-13-11(8)16-9/h1-6H,(H,14,15). The van der Waals surface area contributed by atoms with Crippen LogP contribution in [0.15, 0.2) is 40.3 Å². The van der Waals surface area contributed by atoms with Gasteiger partial charge < -0.3 is 9.52 Å². The van der Waals surface area contributed by atoms with Crippen molar-refractivity contribution in [3.63, 3.8) is 0 Å². The lowest BCUT2D eigenvalue weighted by Crippen LogP contribution is -1.91. The van der Waals surface area contributed by atoms with Crippen LogP contribution in [-0.4, -0.2) is 16.1 Å². The van der Waals surface area contributed by atoms with Crippen molar-refractivity contribution in [1.82, 2.24) is 4.98 Å². The highest BCUT2D eigenvalue weighted by Crippen LogP contribution is 2.32. The zero-order valence-corrected chi connectivity index (χ0v) is 9.40. The maximum atomic E-state index is 10.8. The molecule has 3 aromatic heterocycles. The van der Waals surface area contributed by atoms with Gasteiger partial charge in [-0.15, -0.1) is 11.3 Å². The highest BCUT2D eigenvalue weighted by Gasteiger charge is 2.14. The molecule has 0 saturated carbocycles. The Bertz CT molecular complexity index is 685. The molecule has 0 aromatic carbocycles. The summed E-state index contributed by atoms with van der Waals surface area (Å²) < 4.78 is 5.16. The number of furan rings is 1. The Balaban J connectivity index is 2.29. The van der Waals surface area contributed by atoms with E-state index >= 15 is 0 Å². The van der Waals surface area contributed by atoms with Gasteiger partial charge in [-0.1, -0.05) is 6.07 Å². The van der Waals surface area contributed by atoms with E-state index in [0.29, 0.717) is 5.71 Å². The summed E-state index contributed by atoms with van der Waals surface area (Å²) in [5.41, 5.74) is 1.30. The lowest BCUT2D eigenvalue weighted by atomic mass is 10.1. The van der Waals surface area contributed by atoms with Gasteiger partial charge in [0, 0.05) is 28.1 Å². The molecule has 0 aliphatic heterocycles. The lowest BCUT2D eigenvalue weighted by Gasteiger charge is -1.96. The molecule has 0 aliphatic carbocycles. The van der Waals surface area contributed by atoms with Gasteiger partial charge in [-0.3, -0.25) is 0 Å². The van der Waals surface area contributed by atoms with E-state index in [-0.39, 0.29) is 5.76 Å². The third kappa shape index (κ3) is 1.60. The predicted molar refractivity (Wildman–Crippen MR) is 64.3 cm³/mol. The minimum absolute atomic E-state index is 0.0866. The molecule has 17 heavy (non-hydrogen) atoms. The molecule has 0 bridgehead atoms. The first-order valence-corrected chi connectivity index (χ1v) is 5.79. The fourth-order valence-corrected chi connectivity index (χ4v) is 2.46. The summed E-state index contributed by atoms with van der Waals surface area (Å²) in [5, 5.41) is 11.6. The van der Waals surface area contributed by atoms with Crippen LogP contribution in [0.1, 0.15) is 10.6 Å². The Labute approximate surface area is 100 Å².